The van der Waals surface area contributed by atoms with E-state index in [1.807, 2.05) is 73.7 Å². The molecule has 8 heteroatoms. The number of carbonyl (C=O) groups is 1. The van der Waals surface area contributed by atoms with Crippen molar-refractivity contribution in [2.75, 3.05) is 18.5 Å². The van der Waals surface area contributed by atoms with E-state index in [0.29, 0.717) is 28.7 Å². The molecule has 0 fully saturated rings. The van der Waals surface area contributed by atoms with Crippen molar-refractivity contribution < 1.29 is 19.0 Å². The van der Waals surface area contributed by atoms with Gasteiger partial charge in [-0.05, 0) is 42.8 Å². The van der Waals surface area contributed by atoms with Crippen LogP contribution in [0.3, 0.4) is 0 Å². The number of nitrogens with two attached hydrogens (primary N) is 1. The maximum Gasteiger partial charge on any atom is 0.411 e. The van der Waals surface area contributed by atoms with E-state index >= 15 is 0 Å². The van der Waals surface area contributed by atoms with Crippen molar-refractivity contribution in [2.45, 2.75) is 13.0 Å². The molecule has 34 heavy (non-hydrogen) atoms. The number of anilines is 1. The minimum atomic E-state index is -0.607. The highest BCUT2D eigenvalue weighted by Gasteiger charge is 2.19. The molecule has 1 amide bonds. The molecular weight excluding hydrogens is 450 g/mol. The van der Waals surface area contributed by atoms with Gasteiger partial charge < -0.3 is 19.9 Å². The predicted molar refractivity (Wildman–Crippen MR) is 135 cm³/mol. The van der Waals surface area contributed by atoms with E-state index in [4.69, 9.17) is 25.4 Å². The van der Waals surface area contributed by atoms with E-state index in [1.165, 1.54) is 11.3 Å². The van der Waals surface area contributed by atoms with E-state index in [-0.39, 0.29) is 12.4 Å². The molecule has 0 radical (unpaired) electrons. The largest absolute Gasteiger partial charge is 0.492 e. The number of carbonyl (C=O) groups excluding carboxylic acids is 1. The Morgan fingerprint density at radius 2 is 1.76 bits per heavy atom. The summed E-state index contributed by atoms with van der Waals surface area (Å²) in [6.45, 7) is 2.36. The minimum absolute atomic E-state index is 0.00720. The number of nitrogen functional groups attached to an aromatic ring is 1. The highest BCUT2D eigenvalue weighted by atomic mass is 32.1. The molecular formula is C26H25N3O4S. The first-order valence-corrected chi connectivity index (χ1v) is 11.6. The molecule has 0 spiro atoms. The lowest BCUT2D eigenvalue weighted by molar-refractivity contribution is 0.0909. The van der Waals surface area contributed by atoms with Gasteiger partial charge in [0.2, 0.25) is 0 Å². The number of para-hydroxylation sites is 2. The van der Waals surface area contributed by atoms with Crippen LogP contribution in [-0.2, 0) is 4.74 Å². The van der Waals surface area contributed by atoms with Gasteiger partial charge in [-0.1, -0.05) is 48.5 Å². The van der Waals surface area contributed by atoms with Crippen LogP contribution in [0.5, 0.6) is 11.5 Å². The SMILES string of the molecule is CCOc1ccccc1NC(=O)OCC(Oc1cccc2sc(C(=N)N)cc12)c1ccccc1. The Kier molecular flexibility index (Phi) is 7.29. The van der Waals surface area contributed by atoms with Crippen LogP contribution in [0.25, 0.3) is 10.1 Å². The lowest BCUT2D eigenvalue weighted by Crippen LogP contribution is -2.21. The summed E-state index contributed by atoms with van der Waals surface area (Å²) in [4.78, 5) is 13.2. The summed E-state index contributed by atoms with van der Waals surface area (Å²) in [5.74, 6) is 1.21. The molecule has 4 rings (SSSR count). The highest BCUT2D eigenvalue weighted by molar-refractivity contribution is 7.20. The van der Waals surface area contributed by atoms with E-state index in [1.54, 1.807) is 12.1 Å². The number of rotatable bonds is 9. The number of amides is 1. The van der Waals surface area contributed by atoms with E-state index in [0.717, 1.165) is 15.6 Å². The smallest absolute Gasteiger partial charge is 0.411 e. The van der Waals surface area contributed by atoms with Crippen LogP contribution in [0.15, 0.2) is 78.9 Å². The fourth-order valence-corrected chi connectivity index (χ4v) is 4.38. The zero-order chi connectivity index (χ0) is 23.9. The van der Waals surface area contributed by atoms with Gasteiger partial charge in [0.05, 0.1) is 17.2 Å². The molecule has 0 aliphatic carbocycles. The van der Waals surface area contributed by atoms with Gasteiger partial charge in [-0.15, -0.1) is 11.3 Å². The van der Waals surface area contributed by atoms with Gasteiger partial charge in [-0.25, -0.2) is 4.79 Å². The number of hydrogen-bond donors (Lipinski definition) is 3. The standard InChI is InChI=1S/C26H25N3O4S/c1-2-31-21-12-7-6-11-19(21)29-26(30)32-16-22(17-9-4-3-5-10-17)33-20-13-8-14-23-18(20)15-24(34-23)25(27)28/h3-15,22H,2,16H2,1H3,(H3,27,28)(H,29,30). The zero-order valence-electron chi connectivity index (χ0n) is 18.6. The summed E-state index contributed by atoms with van der Waals surface area (Å²) in [6.07, 6.45) is -1.15. The lowest BCUT2D eigenvalue weighted by atomic mass is 10.1. The molecule has 1 heterocycles. The van der Waals surface area contributed by atoms with Crippen LogP contribution < -0.4 is 20.5 Å². The van der Waals surface area contributed by atoms with Crippen LogP contribution in [0.4, 0.5) is 10.5 Å². The van der Waals surface area contributed by atoms with Gasteiger partial charge >= 0.3 is 6.09 Å². The number of ether oxygens (including phenoxy) is 3. The van der Waals surface area contributed by atoms with Crippen LogP contribution >= 0.6 is 11.3 Å². The molecule has 0 aliphatic heterocycles. The van der Waals surface area contributed by atoms with Crippen LogP contribution in [0, 0.1) is 5.41 Å². The van der Waals surface area contributed by atoms with Gasteiger partial charge in [0.1, 0.15) is 23.9 Å². The summed E-state index contributed by atoms with van der Waals surface area (Å²) >= 11 is 1.43. The van der Waals surface area contributed by atoms with Crippen molar-refractivity contribution in [1.29, 1.82) is 5.41 Å². The normalized spacial score (nSPS) is 11.6. The second kappa shape index (κ2) is 10.7. The molecule has 0 saturated heterocycles. The van der Waals surface area contributed by atoms with Crippen molar-refractivity contribution in [2.24, 2.45) is 5.73 Å². The fourth-order valence-electron chi connectivity index (χ4n) is 3.44. The van der Waals surface area contributed by atoms with Gasteiger partial charge in [-0.3, -0.25) is 10.7 Å². The number of amidine groups is 1. The summed E-state index contributed by atoms with van der Waals surface area (Å²) in [5.41, 5.74) is 7.07. The highest BCUT2D eigenvalue weighted by Crippen LogP contribution is 2.35. The summed E-state index contributed by atoms with van der Waals surface area (Å²) < 4.78 is 18.4. The third-order valence-electron chi connectivity index (χ3n) is 5.02. The Morgan fingerprint density at radius 1 is 1.03 bits per heavy atom. The first kappa shape index (κ1) is 23.1. The van der Waals surface area contributed by atoms with E-state index in [9.17, 15) is 4.79 Å². The Labute approximate surface area is 201 Å². The average Bonchev–Trinajstić information content (AvgIpc) is 3.29. The Bertz CT molecular complexity index is 1290. The molecule has 174 valence electrons. The molecule has 4 N–H and O–H groups in total. The first-order chi connectivity index (χ1) is 16.5. The second-order valence-electron chi connectivity index (χ2n) is 7.36. The molecule has 0 aliphatic rings. The predicted octanol–water partition coefficient (Wildman–Crippen LogP) is 5.95. The van der Waals surface area contributed by atoms with Crippen molar-refractivity contribution in [3.63, 3.8) is 0 Å². The molecule has 1 unspecified atom stereocenters. The molecule has 1 atom stereocenters. The first-order valence-electron chi connectivity index (χ1n) is 10.8. The van der Waals surface area contributed by atoms with Gasteiger partial charge in [0, 0.05) is 10.1 Å². The van der Waals surface area contributed by atoms with Crippen molar-refractivity contribution in [1.82, 2.24) is 0 Å². The number of hydrogen-bond acceptors (Lipinski definition) is 6. The zero-order valence-corrected chi connectivity index (χ0v) is 19.4. The summed E-state index contributed by atoms with van der Waals surface area (Å²) in [7, 11) is 0. The van der Waals surface area contributed by atoms with E-state index < -0.39 is 12.2 Å². The van der Waals surface area contributed by atoms with Crippen LogP contribution in [0.1, 0.15) is 23.5 Å². The van der Waals surface area contributed by atoms with Gasteiger partial charge in [0.15, 0.2) is 6.10 Å². The molecule has 4 aromatic rings. The molecule has 3 aromatic carbocycles. The topological polar surface area (TPSA) is 107 Å². The lowest BCUT2D eigenvalue weighted by Gasteiger charge is -2.20. The van der Waals surface area contributed by atoms with Crippen molar-refractivity contribution in [3.05, 3.63) is 89.3 Å². The van der Waals surface area contributed by atoms with Crippen molar-refractivity contribution >= 4 is 39.0 Å². The third-order valence-corrected chi connectivity index (χ3v) is 6.15. The maximum atomic E-state index is 12.6. The number of thiophene rings is 1. The Hall–Kier alpha value is -4.04. The summed E-state index contributed by atoms with van der Waals surface area (Å²) in [6, 6.07) is 24.3. The fraction of sp³-hybridized carbons (Fsp3) is 0.154. The van der Waals surface area contributed by atoms with Gasteiger partial charge in [0.25, 0.3) is 0 Å². The number of nitrogens with one attached hydrogen (secondary N) is 2. The third kappa shape index (κ3) is 5.47. The van der Waals surface area contributed by atoms with Crippen LogP contribution in [0.2, 0.25) is 0 Å². The average molecular weight is 476 g/mol. The maximum absolute atomic E-state index is 12.6. The number of fused-ring (bicyclic) bond motifs is 1. The van der Waals surface area contributed by atoms with E-state index in [2.05, 4.69) is 5.32 Å². The molecule has 1 aromatic heterocycles. The van der Waals surface area contributed by atoms with Crippen LogP contribution in [-0.4, -0.2) is 25.1 Å². The number of benzene rings is 3. The van der Waals surface area contributed by atoms with Crippen molar-refractivity contribution in [3.8, 4) is 11.5 Å². The minimum Gasteiger partial charge on any atom is -0.492 e. The second-order valence-corrected chi connectivity index (χ2v) is 8.45. The molecule has 7 nitrogen and oxygen atoms in total. The van der Waals surface area contributed by atoms with Gasteiger partial charge in [-0.2, -0.15) is 0 Å². The monoisotopic (exact) mass is 475 g/mol. The Morgan fingerprint density at radius 3 is 2.53 bits per heavy atom. The summed E-state index contributed by atoms with van der Waals surface area (Å²) in [5, 5.41) is 11.3. The quantitative estimate of drug-likeness (QED) is 0.205. The molecule has 0 bridgehead atoms. The Balaban J connectivity index is 1.52. The molecule has 0 saturated carbocycles.